The molecule has 2 aliphatic heterocycles. The van der Waals surface area contributed by atoms with Crippen molar-refractivity contribution >= 4 is 0 Å². The van der Waals surface area contributed by atoms with Gasteiger partial charge in [0.15, 0.2) is 0 Å². The summed E-state index contributed by atoms with van der Waals surface area (Å²) in [5, 5.41) is 18.8. The summed E-state index contributed by atoms with van der Waals surface area (Å²) in [4.78, 5) is 5.00. The Morgan fingerprint density at radius 2 is 1.77 bits per heavy atom. The normalized spacial score (nSPS) is 24.3. The van der Waals surface area contributed by atoms with Crippen LogP contribution >= 0.6 is 0 Å². The van der Waals surface area contributed by atoms with Crippen molar-refractivity contribution in [1.82, 2.24) is 24.6 Å². The van der Waals surface area contributed by atoms with E-state index in [4.69, 9.17) is 0 Å². The van der Waals surface area contributed by atoms with Gasteiger partial charge < -0.3 is 14.6 Å². The quantitative estimate of drug-likeness (QED) is 0.870. The lowest BCUT2D eigenvalue weighted by Gasteiger charge is -2.34. The molecule has 2 saturated heterocycles. The van der Waals surface area contributed by atoms with Crippen LogP contribution in [0.25, 0.3) is 0 Å². The third kappa shape index (κ3) is 5.27. The number of hydrogen-bond donors (Lipinski definition) is 1. The first-order valence-electron chi connectivity index (χ1n) is 10.3. The van der Waals surface area contributed by atoms with Gasteiger partial charge in [-0.05, 0) is 50.6 Å². The van der Waals surface area contributed by atoms with E-state index in [9.17, 15) is 5.11 Å². The average molecular weight is 364 g/mol. The highest BCUT2D eigenvalue weighted by atomic mass is 16.3. The molecule has 2 aliphatic rings. The molecule has 0 unspecified atom stereocenters. The number of likely N-dealkylation sites (tertiary alicyclic amines) is 2. The first-order chi connectivity index (χ1) is 12.3. The molecule has 1 atom stereocenters. The van der Waals surface area contributed by atoms with Gasteiger partial charge in [-0.2, -0.15) is 0 Å². The Kier molecular flexibility index (Phi) is 6.36. The first kappa shape index (κ1) is 19.8. The van der Waals surface area contributed by atoms with Crippen LogP contribution in [-0.2, 0) is 13.6 Å². The van der Waals surface area contributed by atoms with Gasteiger partial charge in [0.25, 0.3) is 0 Å². The number of piperidine rings is 2. The molecule has 0 amide bonds. The third-order valence-electron chi connectivity index (χ3n) is 5.97. The van der Waals surface area contributed by atoms with Crippen LogP contribution in [0.3, 0.4) is 0 Å². The highest BCUT2D eigenvalue weighted by Gasteiger charge is 2.27. The first-order valence-corrected chi connectivity index (χ1v) is 10.3. The van der Waals surface area contributed by atoms with Gasteiger partial charge >= 0.3 is 0 Å². The molecule has 0 aromatic carbocycles. The van der Waals surface area contributed by atoms with E-state index in [-0.39, 0.29) is 6.10 Å². The number of hydrogen-bond acceptors (Lipinski definition) is 5. The molecular formula is C20H37N5O. The number of aliphatic hydroxyl groups excluding tert-OH is 1. The Hall–Kier alpha value is -0.980. The average Bonchev–Trinajstić information content (AvgIpc) is 2.95. The number of aliphatic hydroxyl groups is 1. The molecule has 1 aromatic heterocycles. The molecule has 2 fully saturated rings. The minimum absolute atomic E-state index is 0.123. The second-order valence-electron chi connectivity index (χ2n) is 9.49. The Balaban J connectivity index is 1.58. The van der Waals surface area contributed by atoms with E-state index in [1.165, 1.54) is 32.4 Å². The van der Waals surface area contributed by atoms with Crippen molar-refractivity contribution in [2.24, 2.45) is 12.5 Å². The lowest BCUT2D eigenvalue weighted by molar-refractivity contribution is 0.0775. The van der Waals surface area contributed by atoms with Gasteiger partial charge in [-0.25, -0.2) is 0 Å². The van der Waals surface area contributed by atoms with Gasteiger partial charge in [0, 0.05) is 32.6 Å². The zero-order valence-corrected chi connectivity index (χ0v) is 17.1. The molecule has 0 saturated carbocycles. The molecule has 0 aliphatic carbocycles. The van der Waals surface area contributed by atoms with Crippen molar-refractivity contribution < 1.29 is 5.11 Å². The molecule has 0 bridgehead atoms. The highest BCUT2D eigenvalue weighted by Crippen LogP contribution is 2.28. The summed E-state index contributed by atoms with van der Waals surface area (Å²) in [6.07, 6.45) is 5.33. The highest BCUT2D eigenvalue weighted by molar-refractivity contribution is 5.04. The molecule has 0 radical (unpaired) electrons. The van der Waals surface area contributed by atoms with Crippen LogP contribution in [0.15, 0.2) is 0 Å². The molecule has 3 heterocycles. The van der Waals surface area contributed by atoms with Gasteiger partial charge in [0.05, 0.1) is 12.6 Å². The van der Waals surface area contributed by atoms with Crippen LogP contribution in [0.5, 0.6) is 0 Å². The summed E-state index contributed by atoms with van der Waals surface area (Å²) >= 11 is 0. The van der Waals surface area contributed by atoms with Gasteiger partial charge in [-0.15, -0.1) is 10.2 Å². The molecular weight excluding hydrogens is 326 g/mol. The van der Waals surface area contributed by atoms with Crippen LogP contribution < -0.4 is 0 Å². The Morgan fingerprint density at radius 1 is 1.04 bits per heavy atom. The second kappa shape index (κ2) is 8.36. The molecule has 1 N–H and O–H groups in total. The van der Waals surface area contributed by atoms with Crippen LogP contribution in [0.2, 0.25) is 0 Å². The number of nitrogens with zero attached hydrogens (tertiary/aromatic N) is 5. The van der Waals surface area contributed by atoms with Gasteiger partial charge in [0.1, 0.15) is 11.6 Å². The Labute approximate surface area is 158 Å². The van der Waals surface area contributed by atoms with Crippen molar-refractivity contribution in [3.8, 4) is 0 Å². The smallest absolute Gasteiger partial charge is 0.146 e. The minimum Gasteiger partial charge on any atom is -0.393 e. The number of rotatable bonds is 5. The van der Waals surface area contributed by atoms with Gasteiger partial charge in [0.2, 0.25) is 0 Å². The van der Waals surface area contributed by atoms with E-state index in [0.29, 0.717) is 11.3 Å². The fourth-order valence-corrected chi connectivity index (χ4v) is 4.11. The second-order valence-corrected chi connectivity index (χ2v) is 9.49. The van der Waals surface area contributed by atoms with Crippen molar-refractivity contribution in [3.05, 3.63) is 11.6 Å². The zero-order chi connectivity index (χ0) is 18.7. The monoisotopic (exact) mass is 363 g/mol. The lowest BCUT2D eigenvalue weighted by Crippen LogP contribution is -2.37. The molecule has 148 valence electrons. The summed E-state index contributed by atoms with van der Waals surface area (Å²) in [5.41, 5.74) is 0.396. The van der Waals surface area contributed by atoms with Gasteiger partial charge in [-0.3, -0.25) is 4.90 Å². The SMILES string of the molecule is Cn1c(CN2CCC(O)CC2)nnc1[C@H]1CCCN(CCC(C)(C)C)C1. The third-order valence-corrected chi connectivity index (χ3v) is 5.97. The summed E-state index contributed by atoms with van der Waals surface area (Å²) in [6.45, 7) is 13.2. The maximum Gasteiger partial charge on any atom is 0.146 e. The van der Waals surface area contributed by atoms with Crippen molar-refractivity contribution in [2.75, 3.05) is 32.7 Å². The largest absolute Gasteiger partial charge is 0.393 e. The summed E-state index contributed by atoms with van der Waals surface area (Å²) in [5.74, 6) is 2.71. The molecule has 1 aromatic rings. The van der Waals surface area contributed by atoms with Crippen molar-refractivity contribution in [2.45, 2.75) is 71.4 Å². The van der Waals surface area contributed by atoms with Gasteiger partial charge in [-0.1, -0.05) is 20.8 Å². The molecule has 3 rings (SSSR count). The molecule has 26 heavy (non-hydrogen) atoms. The molecule has 6 heteroatoms. The van der Waals surface area contributed by atoms with Crippen molar-refractivity contribution in [1.29, 1.82) is 0 Å². The zero-order valence-electron chi connectivity index (χ0n) is 17.1. The summed E-state index contributed by atoms with van der Waals surface area (Å²) in [6, 6.07) is 0. The summed E-state index contributed by atoms with van der Waals surface area (Å²) in [7, 11) is 2.12. The van der Waals surface area contributed by atoms with Crippen LogP contribution in [0, 0.1) is 5.41 Å². The fourth-order valence-electron chi connectivity index (χ4n) is 4.11. The Morgan fingerprint density at radius 3 is 2.46 bits per heavy atom. The lowest BCUT2D eigenvalue weighted by atomic mass is 9.91. The number of aromatic nitrogens is 3. The Bertz CT molecular complexity index is 571. The topological polar surface area (TPSA) is 57.4 Å². The van der Waals surface area contributed by atoms with E-state index in [1.54, 1.807) is 0 Å². The van der Waals surface area contributed by atoms with E-state index in [2.05, 4.69) is 52.4 Å². The van der Waals surface area contributed by atoms with Crippen LogP contribution in [0.1, 0.15) is 70.4 Å². The predicted molar refractivity (Wildman–Crippen MR) is 104 cm³/mol. The molecule has 0 spiro atoms. The summed E-state index contributed by atoms with van der Waals surface area (Å²) < 4.78 is 2.23. The predicted octanol–water partition coefficient (Wildman–Crippen LogP) is 2.39. The van der Waals surface area contributed by atoms with E-state index < -0.39 is 0 Å². The van der Waals surface area contributed by atoms with Crippen LogP contribution in [0.4, 0.5) is 0 Å². The van der Waals surface area contributed by atoms with E-state index in [0.717, 1.165) is 50.7 Å². The fraction of sp³-hybridized carbons (Fsp3) is 0.900. The molecule has 6 nitrogen and oxygen atoms in total. The van der Waals surface area contributed by atoms with E-state index >= 15 is 0 Å². The maximum absolute atomic E-state index is 9.68. The van der Waals surface area contributed by atoms with Crippen molar-refractivity contribution in [3.63, 3.8) is 0 Å². The van der Waals surface area contributed by atoms with E-state index in [1.807, 2.05) is 0 Å². The van der Waals surface area contributed by atoms with Crippen LogP contribution in [-0.4, -0.2) is 68.5 Å². The standard InChI is InChI=1S/C20H37N5O/c1-20(2,3)9-13-24-10-5-6-16(14-24)19-22-21-18(23(19)4)15-25-11-7-17(26)8-12-25/h16-17,26H,5-15H2,1-4H3/t16-/m0/s1. The minimum atomic E-state index is -0.123. The maximum atomic E-state index is 9.68.